The van der Waals surface area contributed by atoms with E-state index in [0.29, 0.717) is 42.2 Å². The van der Waals surface area contributed by atoms with Crippen molar-refractivity contribution in [3.05, 3.63) is 35.5 Å². The van der Waals surface area contributed by atoms with E-state index in [2.05, 4.69) is 27.5 Å². The first kappa shape index (κ1) is 29.9. The minimum atomic E-state index is -0.649. The van der Waals surface area contributed by atoms with Crippen molar-refractivity contribution in [3.8, 4) is 5.75 Å². The number of ether oxygens (including phenoxy) is 3. The van der Waals surface area contributed by atoms with Gasteiger partial charge in [-0.05, 0) is 58.1 Å². The molecule has 1 aliphatic carbocycles. The zero-order valence-electron chi connectivity index (χ0n) is 24.8. The number of nitrogens with one attached hydrogen (secondary N) is 2. The summed E-state index contributed by atoms with van der Waals surface area (Å²) in [6.07, 6.45) is 5.93. The van der Waals surface area contributed by atoms with Gasteiger partial charge in [-0.3, -0.25) is 10.00 Å². The van der Waals surface area contributed by atoms with Crippen LogP contribution in [0.15, 0.2) is 24.4 Å². The van der Waals surface area contributed by atoms with Crippen LogP contribution in [0.1, 0.15) is 70.9 Å². The summed E-state index contributed by atoms with van der Waals surface area (Å²) < 4.78 is 17.9. The molecular weight excluding hydrogens is 526 g/mol. The van der Waals surface area contributed by atoms with Gasteiger partial charge in [0, 0.05) is 24.7 Å². The Morgan fingerprint density at radius 1 is 1.17 bits per heavy atom. The fourth-order valence-electron chi connectivity index (χ4n) is 4.50. The number of amides is 2. The van der Waals surface area contributed by atoms with Crippen molar-refractivity contribution < 1.29 is 23.8 Å². The lowest BCUT2D eigenvalue weighted by atomic mass is 9.91. The molecule has 0 spiro atoms. The maximum atomic E-state index is 13.0. The SMILES string of the molecule is CCCCNc1nc(NC(=O)OC)nc2cn(Cc3ccc(CN(C(=O)OC(C)(C)C)C4CCC4)cc3OC)nc12. The molecule has 41 heavy (non-hydrogen) atoms. The number of nitrogens with zero attached hydrogens (tertiary/aromatic N) is 5. The Morgan fingerprint density at radius 2 is 1.95 bits per heavy atom. The Kier molecular flexibility index (Phi) is 9.51. The molecule has 0 atom stereocenters. The Bertz CT molecular complexity index is 1360. The molecule has 0 saturated heterocycles. The third-order valence-corrected chi connectivity index (χ3v) is 6.81. The Balaban J connectivity index is 1.56. The van der Waals surface area contributed by atoms with Crippen LogP contribution in [0.25, 0.3) is 11.0 Å². The van der Waals surface area contributed by atoms with E-state index in [-0.39, 0.29) is 18.1 Å². The second-order valence-electron chi connectivity index (χ2n) is 11.2. The largest absolute Gasteiger partial charge is 0.496 e. The highest BCUT2D eigenvalue weighted by molar-refractivity contribution is 5.89. The maximum Gasteiger partial charge on any atom is 0.413 e. The predicted octanol–water partition coefficient (Wildman–Crippen LogP) is 5.56. The quantitative estimate of drug-likeness (QED) is 0.286. The molecule has 2 heterocycles. The monoisotopic (exact) mass is 567 g/mol. The summed E-state index contributed by atoms with van der Waals surface area (Å²) in [4.78, 5) is 35.4. The van der Waals surface area contributed by atoms with E-state index >= 15 is 0 Å². The van der Waals surface area contributed by atoms with E-state index in [0.717, 1.165) is 43.2 Å². The van der Waals surface area contributed by atoms with E-state index in [1.165, 1.54) is 7.11 Å². The van der Waals surface area contributed by atoms with Gasteiger partial charge in [-0.25, -0.2) is 14.6 Å². The van der Waals surface area contributed by atoms with E-state index in [1.807, 2.05) is 43.9 Å². The lowest BCUT2D eigenvalue weighted by molar-refractivity contribution is 0.00459. The number of fused-ring (bicyclic) bond motifs is 1. The van der Waals surface area contributed by atoms with Crippen molar-refractivity contribution in [2.45, 2.75) is 84.5 Å². The van der Waals surface area contributed by atoms with E-state index in [9.17, 15) is 9.59 Å². The molecule has 4 rings (SSSR count). The molecular formula is C29H41N7O5. The van der Waals surface area contributed by atoms with E-state index < -0.39 is 11.7 Å². The number of rotatable bonds is 11. The summed E-state index contributed by atoms with van der Waals surface area (Å²) in [5.74, 6) is 1.36. The Labute approximate surface area is 240 Å². The van der Waals surface area contributed by atoms with Gasteiger partial charge in [-0.1, -0.05) is 25.5 Å². The third kappa shape index (κ3) is 7.77. The number of carbonyl (C=O) groups is 2. The minimum Gasteiger partial charge on any atom is -0.496 e. The van der Waals surface area contributed by atoms with E-state index in [1.54, 1.807) is 18.0 Å². The number of carbonyl (C=O) groups excluding carboxylic acids is 2. The van der Waals surface area contributed by atoms with Gasteiger partial charge in [0.25, 0.3) is 0 Å². The smallest absolute Gasteiger partial charge is 0.413 e. The van der Waals surface area contributed by atoms with Crippen molar-refractivity contribution in [2.24, 2.45) is 0 Å². The van der Waals surface area contributed by atoms with Gasteiger partial charge in [-0.15, -0.1) is 0 Å². The van der Waals surface area contributed by atoms with Gasteiger partial charge in [0.15, 0.2) is 11.3 Å². The first-order chi connectivity index (χ1) is 19.6. The molecule has 1 fully saturated rings. The van der Waals surface area contributed by atoms with Gasteiger partial charge in [-0.2, -0.15) is 10.1 Å². The maximum absolute atomic E-state index is 13.0. The number of aromatic nitrogens is 4. The van der Waals surface area contributed by atoms with Crippen LogP contribution >= 0.6 is 0 Å². The van der Waals surface area contributed by atoms with Crippen molar-refractivity contribution in [1.82, 2.24) is 24.6 Å². The molecule has 1 aliphatic rings. The summed E-state index contributed by atoms with van der Waals surface area (Å²) in [6.45, 7) is 9.33. The topological polar surface area (TPSA) is 133 Å². The van der Waals surface area contributed by atoms with Crippen LogP contribution in [-0.2, 0) is 22.6 Å². The Hall–Kier alpha value is -4.09. The number of unbranched alkanes of at least 4 members (excludes halogenated alkanes) is 1. The predicted molar refractivity (Wildman–Crippen MR) is 156 cm³/mol. The molecule has 2 amide bonds. The number of hydrogen-bond donors (Lipinski definition) is 2. The molecule has 12 nitrogen and oxygen atoms in total. The molecule has 0 bridgehead atoms. The third-order valence-electron chi connectivity index (χ3n) is 6.81. The average molecular weight is 568 g/mol. The molecule has 1 saturated carbocycles. The van der Waals surface area contributed by atoms with Gasteiger partial charge in [0.2, 0.25) is 5.95 Å². The zero-order valence-corrected chi connectivity index (χ0v) is 24.8. The van der Waals surface area contributed by atoms with Crippen molar-refractivity contribution in [1.29, 1.82) is 0 Å². The lowest BCUT2D eigenvalue weighted by Crippen LogP contribution is -2.46. The number of hydrogen-bond acceptors (Lipinski definition) is 9. The molecule has 0 unspecified atom stereocenters. The summed E-state index contributed by atoms with van der Waals surface area (Å²) in [5, 5.41) is 10.6. The van der Waals surface area contributed by atoms with Crippen LogP contribution in [0.4, 0.5) is 21.4 Å². The lowest BCUT2D eigenvalue weighted by Gasteiger charge is -2.38. The number of methoxy groups -OCH3 is 2. The van der Waals surface area contributed by atoms with Crippen LogP contribution in [0.3, 0.4) is 0 Å². The standard InChI is InChI=1S/C29H41N7O5/c1-7-8-14-30-25-24-22(31-26(32-25)33-27(37)40-6)18-35(34-24)17-20-13-12-19(15-23(20)39-5)16-36(21-10-9-11-21)28(38)41-29(2,3)4/h12-13,15,18,21H,7-11,14,16-17H2,1-6H3,(H2,30,31,32,33,37). The van der Waals surface area contributed by atoms with Gasteiger partial charge in [0.05, 0.1) is 27.0 Å². The molecule has 3 aromatic rings. The van der Waals surface area contributed by atoms with Gasteiger partial charge < -0.3 is 24.4 Å². The average Bonchev–Trinajstić information content (AvgIpc) is 3.29. The first-order valence-electron chi connectivity index (χ1n) is 14.1. The molecule has 0 radical (unpaired) electrons. The number of benzene rings is 1. The van der Waals surface area contributed by atoms with Gasteiger partial charge in [0.1, 0.15) is 16.9 Å². The molecule has 12 heteroatoms. The second-order valence-corrected chi connectivity index (χ2v) is 11.2. The highest BCUT2D eigenvalue weighted by atomic mass is 16.6. The summed E-state index contributed by atoms with van der Waals surface area (Å²) in [7, 11) is 2.92. The Morgan fingerprint density at radius 3 is 2.59 bits per heavy atom. The second kappa shape index (κ2) is 13.0. The summed E-state index contributed by atoms with van der Waals surface area (Å²) >= 11 is 0. The highest BCUT2D eigenvalue weighted by Gasteiger charge is 2.32. The fourth-order valence-corrected chi connectivity index (χ4v) is 4.50. The molecule has 2 aromatic heterocycles. The van der Waals surface area contributed by atoms with Crippen LogP contribution in [0.2, 0.25) is 0 Å². The van der Waals surface area contributed by atoms with Crippen LogP contribution in [0, 0.1) is 0 Å². The molecule has 0 aliphatic heterocycles. The fraction of sp³-hybridized carbons (Fsp3) is 0.552. The molecule has 2 N–H and O–H groups in total. The van der Waals surface area contributed by atoms with Crippen LogP contribution in [0.5, 0.6) is 5.75 Å². The first-order valence-corrected chi connectivity index (χ1v) is 14.1. The summed E-state index contributed by atoms with van der Waals surface area (Å²) in [6, 6.07) is 6.15. The number of anilines is 2. The van der Waals surface area contributed by atoms with Crippen molar-refractivity contribution >= 4 is 35.0 Å². The minimum absolute atomic E-state index is 0.130. The van der Waals surface area contributed by atoms with Crippen molar-refractivity contribution in [2.75, 3.05) is 31.4 Å². The van der Waals surface area contributed by atoms with Gasteiger partial charge >= 0.3 is 12.2 Å². The van der Waals surface area contributed by atoms with Crippen LogP contribution < -0.4 is 15.4 Å². The van der Waals surface area contributed by atoms with Crippen molar-refractivity contribution in [3.63, 3.8) is 0 Å². The highest BCUT2D eigenvalue weighted by Crippen LogP contribution is 2.30. The summed E-state index contributed by atoms with van der Waals surface area (Å²) in [5.41, 5.74) is 2.49. The molecule has 222 valence electrons. The van der Waals surface area contributed by atoms with Crippen LogP contribution in [-0.4, -0.2) is 69.2 Å². The van der Waals surface area contributed by atoms with E-state index in [4.69, 9.17) is 19.3 Å². The normalized spacial score (nSPS) is 13.4. The molecule has 1 aromatic carbocycles. The zero-order chi connectivity index (χ0) is 29.6.